The lowest BCUT2D eigenvalue weighted by molar-refractivity contribution is -0.179. The van der Waals surface area contributed by atoms with E-state index in [1.54, 1.807) is 20.8 Å². The molecule has 0 spiro atoms. The molecular weight excluding hydrogens is 406 g/mol. The average Bonchev–Trinajstić information content (AvgIpc) is 2.58. The minimum absolute atomic E-state index is 0.484. The molecule has 0 saturated carbocycles. The molecule has 2 rings (SSSR count). The highest BCUT2D eigenvalue weighted by Gasteiger charge is 2.71. The Bertz CT molecular complexity index is 694. The molecule has 2 aliphatic rings. The van der Waals surface area contributed by atoms with Crippen LogP contribution in [0.3, 0.4) is 0 Å². The van der Waals surface area contributed by atoms with E-state index < -0.39 is 60.9 Å². The second kappa shape index (κ2) is 5.69. The summed E-state index contributed by atoms with van der Waals surface area (Å²) in [6, 6.07) is -1.28. The average molecular weight is 426 g/mol. The van der Waals surface area contributed by atoms with Crippen LogP contribution in [0.15, 0.2) is 0 Å². The first kappa shape index (κ1) is 19.2. The fraction of sp³-hybridized carbons (Fsp3) is 0.786. The molecule has 0 unspecified atom stereocenters. The Kier molecular flexibility index (Phi) is 4.54. The highest BCUT2D eigenvalue weighted by Crippen LogP contribution is 2.48. The summed E-state index contributed by atoms with van der Waals surface area (Å²) < 4.78 is 33.3. The number of fused-ring (bicyclic) bond motifs is 1. The minimum Gasteiger partial charge on any atom is -0.427 e. The van der Waals surface area contributed by atoms with Crippen LogP contribution in [0.2, 0.25) is 0 Å². The van der Waals surface area contributed by atoms with E-state index in [1.165, 1.54) is 13.8 Å². The number of β-lactam (4-membered cyclic amide) rings is 1. The number of carbonyl (C=O) groups excluding carboxylic acids is 3. The number of ether oxygens (including phenoxy) is 2. The molecule has 136 valence electrons. The van der Waals surface area contributed by atoms with Gasteiger partial charge in [0.25, 0.3) is 0 Å². The third-order valence-corrected chi connectivity index (χ3v) is 8.30. The van der Waals surface area contributed by atoms with Gasteiger partial charge in [0.1, 0.15) is 15.6 Å². The number of alkyl halides is 1. The standard InChI is InChI=1S/C14H20BrNO7S/c1-13(2,3)12(19)23-6-22-11(18)8-14(4,5)24(20,21)10-7(15)9(17)16(8)10/h7-8,10H,6H2,1-5H3/t7-,8+,10-/m1/s1. The van der Waals surface area contributed by atoms with Crippen molar-refractivity contribution in [2.45, 2.75) is 55.6 Å². The largest absolute Gasteiger partial charge is 0.427 e. The quantitative estimate of drug-likeness (QED) is 0.281. The molecule has 2 fully saturated rings. The summed E-state index contributed by atoms with van der Waals surface area (Å²) in [6.07, 6.45) is 0. The number of nitrogens with zero attached hydrogens (tertiary/aromatic N) is 1. The van der Waals surface area contributed by atoms with Gasteiger partial charge in [0.15, 0.2) is 15.2 Å². The van der Waals surface area contributed by atoms with Crippen LogP contribution in [0.25, 0.3) is 0 Å². The van der Waals surface area contributed by atoms with Crippen LogP contribution in [0.1, 0.15) is 34.6 Å². The Morgan fingerprint density at radius 3 is 2.29 bits per heavy atom. The number of sulfone groups is 1. The van der Waals surface area contributed by atoms with Crippen LogP contribution in [-0.4, -0.2) is 58.9 Å². The lowest BCUT2D eigenvalue weighted by Gasteiger charge is -2.40. The van der Waals surface area contributed by atoms with Gasteiger partial charge in [-0.3, -0.25) is 9.59 Å². The normalized spacial score (nSPS) is 30.3. The van der Waals surface area contributed by atoms with E-state index in [2.05, 4.69) is 15.9 Å². The van der Waals surface area contributed by atoms with Crippen molar-refractivity contribution in [1.82, 2.24) is 4.90 Å². The predicted molar refractivity (Wildman–Crippen MR) is 86.6 cm³/mol. The molecule has 0 aromatic heterocycles. The van der Waals surface area contributed by atoms with Crippen LogP contribution in [0.5, 0.6) is 0 Å². The van der Waals surface area contributed by atoms with Crippen LogP contribution >= 0.6 is 15.9 Å². The van der Waals surface area contributed by atoms with Crippen LogP contribution in [-0.2, 0) is 33.7 Å². The number of rotatable bonds is 3. The maximum absolute atomic E-state index is 12.5. The molecule has 10 heteroatoms. The molecule has 2 saturated heterocycles. The molecule has 0 N–H and O–H groups in total. The molecule has 3 atom stereocenters. The van der Waals surface area contributed by atoms with Crippen LogP contribution < -0.4 is 0 Å². The topological polar surface area (TPSA) is 107 Å². The molecule has 0 aromatic rings. The predicted octanol–water partition coefficient (Wildman–Crippen LogP) is 0.584. The third-order valence-electron chi connectivity index (χ3n) is 4.23. The fourth-order valence-corrected chi connectivity index (χ4v) is 6.11. The lowest BCUT2D eigenvalue weighted by Crippen LogP contribution is -2.64. The highest BCUT2D eigenvalue weighted by atomic mass is 79.9. The van der Waals surface area contributed by atoms with Gasteiger partial charge in [0, 0.05) is 0 Å². The molecule has 2 aliphatic heterocycles. The van der Waals surface area contributed by atoms with E-state index in [1.807, 2.05) is 0 Å². The molecule has 0 aliphatic carbocycles. The van der Waals surface area contributed by atoms with Gasteiger partial charge in [-0.05, 0) is 34.6 Å². The summed E-state index contributed by atoms with van der Waals surface area (Å²) in [4.78, 5) is 36.1. The summed E-state index contributed by atoms with van der Waals surface area (Å²) in [6.45, 7) is 7.04. The number of carbonyl (C=O) groups is 3. The summed E-state index contributed by atoms with van der Waals surface area (Å²) in [5.74, 6) is -1.96. The molecule has 0 bridgehead atoms. The van der Waals surface area contributed by atoms with Crippen molar-refractivity contribution in [3.05, 3.63) is 0 Å². The second-order valence-corrected chi connectivity index (χ2v) is 11.0. The van der Waals surface area contributed by atoms with Crippen LogP contribution in [0, 0.1) is 5.41 Å². The van der Waals surface area contributed by atoms with E-state index in [4.69, 9.17) is 9.47 Å². The summed E-state index contributed by atoms with van der Waals surface area (Å²) in [7, 11) is -3.76. The number of halogens is 1. The second-order valence-electron chi connectivity index (χ2n) is 7.35. The zero-order valence-corrected chi connectivity index (χ0v) is 16.4. The van der Waals surface area contributed by atoms with Crippen molar-refractivity contribution in [3.63, 3.8) is 0 Å². The van der Waals surface area contributed by atoms with Gasteiger partial charge >= 0.3 is 11.9 Å². The van der Waals surface area contributed by atoms with Gasteiger partial charge < -0.3 is 14.4 Å². The molecule has 0 aromatic carbocycles. The number of esters is 2. The zero-order chi connectivity index (χ0) is 18.7. The molecule has 2 heterocycles. The Balaban J connectivity index is 2.12. The first-order chi connectivity index (χ1) is 10.7. The van der Waals surface area contributed by atoms with Gasteiger partial charge in [0.2, 0.25) is 12.7 Å². The highest BCUT2D eigenvalue weighted by molar-refractivity contribution is 9.10. The molecular formula is C14H20BrNO7S. The van der Waals surface area contributed by atoms with Crippen molar-refractivity contribution in [1.29, 1.82) is 0 Å². The van der Waals surface area contributed by atoms with Gasteiger partial charge in [-0.15, -0.1) is 0 Å². The van der Waals surface area contributed by atoms with Gasteiger partial charge in [0.05, 0.1) is 5.41 Å². The SMILES string of the molecule is CC(C)(C)C(=O)OCOC(=O)[C@@H]1N2C(=O)[C@@H](Br)[C@H]2S(=O)(=O)C1(C)C. The van der Waals surface area contributed by atoms with E-state index >= 15 is 0 Å². The molecule has 0 radical (unpaired) electrons. The maximum atomic E-state index is 12.5. The van der Waals surface area contributed by atoms with Crippen molar-refractivity contribution < 1.29 is 32.3 Å². The number of amides is 1. The van der Waals surface area contributed by atoms with Gasteiger partial charge in [-0.1, -0.05) is 15.9 Å². The first-order valence-electron chi connectivity index (χ1n) is 7.28. The zero-order valence-electron chi connectivity index (χ0n) is 14.0. The van der Waals surface area contributed by atoms with E-state index in [0.717, 1.165) is 4.90 Å². The fourth-order valence-electron chi connectivity index (χ4n) is 2.67. The molecule has 8 nitrogen and oxygen atoms in total. The third kappa shape index (κ3) is 2.63. The van der Waals surface area contributed by atoms with Crippen molar-refractivity contribution in [3.8, 4) is 0 Å². The smallest absolute Gasteiger partial charge is 0.333 e. The summed E-state index contributed by atoms with van der Waals surface area (Å²) in [5, 5.41) is -1.09. The van der Waals surface area contributed by atoms with E-state index in [9.17, 15) is 22.8 Å². The van der Waals surface area contributed by atoms with Crippen molar-refractivity contribution in [2.75, 3.05) is 6.79 Å². The van der Waals surface area contributed by atoms with Gasteiger partial charge in [-0.25, -0.2) is 13.2 Å². The Labute approximate surface area is 148 Å². The maximum Gasteiger partial charge on any atom is 0.333 e. The van der Waals surface area contributed by atoms with Gasteiger partial charge in [-0.2, -0.15) is 0 Å². The van der Waals surface area contributed by atoms with E-state index in [-0.39, 0.29) is 0 Å². The number of hydrogen-bond acceptors (Lipinski definition) is 7. The minimum atomic E-state index is -3.76. The summed E-state index contributed by atoms with van der Waals surface area (Å²) in [5.41, 5.74) is -0.760. The van der Waals surface area contributed by atoms with Crippen molar-refractivity contribution >= 4 is 43.6 Å². The molecule has 24 heavy (non-hydrogen) atoms. The lowest BCUT2D eigenvalue weighted by atomic mass is 9.97. The van der Waals surface area contributed by atoms with Crippen LogP contribution in [0.4, 0.5) is 0 Å². The Morgan fingerprint density at radius 1 is 1.25 bits per heavy atom. The summed E-state index contributed by atoms with van der Waals surface area (Å²) >= 11 is 3.04. The molecule has 1 amide bonds. The van der Waals surface area contributed by atoms with Crippen molar-refractivity contribution in [2.24, 2.45) is 5.41 Å². The Hall–Kier alpha value is -1.16. The number of hydrogen-bond donors (Lipinski definition) is 0. The first-order valence-corrected chi connectivity index (χ1v) is 9.74. The van der Waals surface area contributed by atoms with E-state index in [0.29, 0.717) is 0 Å². The Morgan fingerprint density at radius 2 is 1.79 bits per heavy atom. The monoisotopic (exact) mass is 425 g/mol.